The molecule has 1 heterocycles. The van der Waals surface area contributed by atoms with Gasteiger partial charge in [-0.05, 0) is 18.5 Å². The summed E-state index contributed by atoms with van der Waals surface area (Å²) in [4.78, 5) is 0. The Labute approximate surface area is 101 Å². The van der Waals surface area contributed by atoms with Gasteiger partial charge < -0.3 is 19.9 Å². The summed E-state index contributed by atoms with van der Waals surface area (Å²) in [5.74, 6) is 1.45. The first kappa shape index (κ1) is 11.8. The molecule has 1 aliphatic heterocycles. The Morgan fingerprint density at radius 1 is 1.24 bits per heavy atom. The lowest BCUT2D eigenvalue weighted by Crippen LogP contribution is -2.20. The van der Waals surface area contributed by atoms with Crippen LogP contribution in [0.3, 0.4) is 0 Å². The Kier molecular flexibility index (Phi) is 3.54. The van der Waals surface area contributed by atoms with Crippen molar-refractivity contribution >= 4 is 5.57 Å². The number of benzene rings is 1. The van der Waals surface area contributed by atoms with E-state index in [1.54, 1.807) is 26.4 Å². The number of hydrogen-bond donors (Lipinski definition) is 2. The van der Waals surface area contributed by atoms with Crippen LogP contribution in [0.5, 0.6) is 17.2 Å². The minimum atomic E-state index is 0.203. The van der Waals surface area contributed by atoms with Gasteiger partial charge in [-0.3, -0.25) is 0 Å². The molecule has 0 bridgehead atoms. The van der Waals surface area contributed by atoms with Gasteiger partial charge in [0.25, 0.3) is 0 Å². The smallest absolute Gasteiger partial charge is 0.133 e. The van der Waals surface area contributed by atoms with E-state index >= 15 is 0 Å². The van der Waals surface area contributed by atoms with Crippen molar-refractivity contribution in [1.82, 2.24) is 5.32 Å². The number of phenolic OH excluding ortho intramolecular Hbond substituents is 1. The number of hydrogen-bond acceptors (Lipinski definition) is 4. The fourth-order valence-electron chi connectivity index (χ4n) is 2.03. The zero-order valence-electron chi connectivity index (χ0n) is 10.1. The Morgan fingerprint density at radius 2 is 2.06 bits per heavy atom. The zero-order chi connectivity index (χ0) is 12.3. The van der Waals surface area contributed by atoms with E-state index in [-0.39, 0.29) is 5.75 Å². The molecule has 0 amide bonds. The van der Waals surface area contributed by atoms with Crippen molar-refractivity contribution in [2.75, 3.05) is 27.3 Å². The lowest BCUT2D eigenvalue weighted by atomic mass is 9.98. The monoisotopic (exact) mass is 235 g/mol. The van der Waals surface area contributed by atoms with E-state index < -0.39 is 0 Å². The third kappa shape index (κ3) is 2.36. The molecule has 17 heavy (non-hydrogen) atoms. The van der Waals surface area contributed by atoms with E-state index in [0.29, 0.717) is 11.5 Å². The van der Waals surface area contributed by atoms with Gasteiger partial charge in [0.2, 0.25) is 0 Å². The number of methoxy groups -OCH3 is 2. The molecule has 0 saturated carbocycles. The normalized spacial score (nSPS) is 15.3. The predicted molar refractivity (Wildman–Crippen MR) is 66.7 cm³/mol. The second-order valence-corrected chi connectivity index (χ2v) is 3.91. The Morgan fingerprint density at radius 3 is 2.65 bits per heavy atom. The van der Waals surface area contributed by atoms with Crippen LogP contribution in [0.15, 0.2) is 18.2 Å². The van der Waals surface area contributed by atoms with Crippen molar-refractivity contribution in [3.8, 4) is 17.2 Å². The molecule has 4 heteroatoms. The average Bonchev–Trinajstić information content (AvgIpc) is 2.38. The van der Waals surface area contributed by atoms with Gasteiger partial charge >= 0.3 is 0 Å². The Balaban J connectivity index is 2.48. The first-order valence-electron chi connectivity index (χ1n) is 5.61. The Bertz CT molecular complexity index is 441. The summed E-state index contributed by atoms with van der Waals surface area (Å²) in [5.41, 5.74) is 1.88. The van der Waals surface area contributed by atoms with Crippen molar-refractivity contribution in [1.29, 1.82) is 0 Å². The third-order valence-electron chi connectivity index (χ3n) is 2.90. The number of ether oxygens (including phenoxy) is 2. The molecular weight excluding hydrogens is 218 g/mol. The second kappa shape index (κ2) is 5.10. The Hall–Kier alpha value is -1.68. The van der Waals surface area contributed by atoms with Gasteiger partial charge in [0.1, 0.15) is 17.2 Å². The predicted octanol–water partition coefficient (Wildman–Crippen LogP) is 1.79. The van der Waals surface area contributed by atoms with E-state index in [4.69, 9.17) is 9.47 Å². The van der Waals surface area contributed by atoms with E-state index in [2.05, 4.69) is 11.4 Å². The molecule has 0 aromatic heterocycles. The number of aromatic hydroxyl groups is 1. The topological polar surface area (TPSA) is 50.7 Å². The minimum Gasteiger partial charge on any atom is -0.507 e. The quantitative estimate of drug-likeness (QED) is 0.838. The summed E-state index contributed by atoms with van der Waals surface area (Å²) in [6, 6.07) is 3.40. The number of nitrogens with one attached hydrogen (secondary N) is 1. The van der Waals surface area contributed by atoms with Crippen molar-refractivity contribution in [3.05, 3.63) is 23.8 Å². The van der Waals surface area contributed by atoms with Gasteiger partial charge in [-0.2, -0.15) is 0 Å². The first-order chi connectivity index (χ1) is 8.26. The maximum atomic E-state index is 10.1. The number of rotatable bonds is 3. The highest BCUT2D eigenvalue weighted by atomic mass is 16.5. The molecule has 1 aromatic rings. The molecule has 2 rings (SSSR count). The van der Waals surface area contributed by atoms with Crippen LogP contribution in [-0.2, 0) is 0 Å². The fraction of sp³-hybridized carbons (Fsp3) is 0.385. The number of phenols is 1. The molecule has 0 aliphatic carbocycles. The molecule has 2 N–H and O–H groups in total. The average molecular weight is 235 g/mol. The van der Waals surface area contributed by atoms with Gasteiger partial charge in [-0.25, -0.2) is 0 Å². The highest BCUT2D eigenvalue weighted by molar-refractivity contribution is 5.77. The van der Waals surface area contributed by atoms with Gasteiger partial charge in [0.15, 0.2) is 0 Å². The molecule has 0 saturated heterocycles. The molecule has 4 nitrogen and oxygen atoms in total. The van der Waals surface area contributed by atoms with Crippen molar-refractivity contribution in [2.24, 2.45) is 0 Å². The zero-order valence-corrected chi connectivity index (χ0v) is 10.1. The van der Waals surface area contributed by atoms with Gasteiger partial charge in [0.05, 0.1) is 19.8 Å². The summed E-state index contributed by atoms with van der Waals surface area (Å²) in [7, 11) is 3.16. The van der Waals surface area contributed by atoms with Crippen LogP contribution >= 0.6 is 0 Å². The lowest BCUT2D eigenvalue weighted by molar-refractivity contribution is 0.383. The van der Waals surface area contributed by atoms with Crippen LogP contribution < -0.4 is 14.8 Å². The lowest BCUT2D eigenvalue weighted by Gasteiger charge is -2.18. The van der Waals surface area contributed by atoms with Crippen LogP contribution in [-0.4, -0.2) is 32.4 Å². The van der Waals surface area contributed by atoms with E-state index in [0.717, 1.165) is 30.6 Å². The van der Waals surface area contributed by atoms with Gasteiger partial charge in [-0.15, -0.1) is 0 Å². The molecule has 0 fully saturated rings. The minimum absolute atomic E-state index is 0.203. The molecule has 1 aliphatic rings. The molecule has 0 unspecified atom stereocenters. The third-order valence-corrected chi connectivity index (χ3v) is 2.90. The van der Waals surface area contributed by atoms with E-state index in [1.165, 1.54) is 0 Å². The molecule has 0 atom stereocenters. The van der Waals surface area contributed by atoms with Gasteiger partial charge in [-0.1, -0.05) is 6.08 Å². The standard InChI is InChI=1S/C13H17NO3/c1-16-10-7-11(15)13(12(8-10)17-2)9-3-5-14-6-4-9/h3,7-8,14-15H,4-6H2,1-2H3. The molecular formula is C13H17NO3. The maximum absolute atomic E-state index is 10.1. The summed E-state index contributed by atoms with van der Waals surface area (Å²) >= 11 is 0. The first-order valence-corrected chi connectivity index (χ1v) is 5.61. The van der Waals surface area contributed by atoms with Crippen LogP contribution in [0.2, 0.25) is 0 Å². The fourth-order valence-corrected chi connectivity index (χ4v) is 2.03. The van der Waals surface area contributed by atoms with E-state index in [1.807, 2.05) is 0 Å². The van der Waals surface area contributed by atoms with Crippen LogP contribution in [0.4, 0.5) is 0 Å². The summed E-state index contributed by atoms with van der Waals surface area (Å²) in [6.07, 6.45) is 2.96. The SMILES string of the molecule is COc1cc(O)c(C2=CCNCC2)c(OC)c1. The van der Waals surface area contributed by atoms with E-state index in [9.17, 15) is 5.11 Å². The molecule has 0 spiro atoms. The van der Waals surface area contributed by atoms with Crippen LogP contribution in [0, 0.1) is 0 Å². The summed E-state index contributed by atoms with van der Waals surface area (Å²) < 4.78 is 10.4. The van der Waals surface area contributed by atoms with Crippen molar-refractivity contribution in [3.63, 3.8) is 0 Å². The maximum Gasteiger partial charge on any atom is 0.133 e. The van der Waals surface area contributed by atoms with Gasteiger partial charge in [0, 0.05) is 18.7 Å². The second-order valence-electron chi connectivity index (χ2n) is 3.91. The highest BCUT2D eigenvalue weighted by Gasteiger charge is 2.17. The summed E-state index contributed by atoms with van der Waals surface area (Å²) in [5, 5.41) is 13.3. The molecule has 1 aromatic carbocycles. The molecule has 92 valence electrons. The highest BCUT2D eigenvalue weighted by Crippen LogP contribution is 2.39. The largest absolute Gasteiger partial charge is 0.507 e. The molecule has 0 radical (unpaired) electrons. The van der Waals surface area contributed by atoms with Crippen LogP contribution in [0.25, 0.3) is 5.57 Å². The van der Waals surface area contributed by atoms with Crippen molar-refractivity contribution in [2.45, 2.75) is 6.42 Å². The van der Waals surface area contributed by atoms with Crippen LogP contribution in [0.1, 0.15) is 12.0 Å². The van der Waals surface area contributed by atoms with Crippen molar-refractivity contribution < 1.29 is 14.6 Å². The summed E-state index contributed by atoms with van der Waals surface area (Å²) in [6.45, 7) is 1.74.